The number of anilines is 1. The standard InChI is InChI=1S/C19H18ClN3OS/c1-2-4-13-17-19(24-18(13)12-6-7-14(12)21)15(9-16(20)23-17)22-10-11-5-3-8-25-11/h3,5,8-9,12,14H,6-7,10,21H2,1H3,(H,22,23)/t12-,14-/m1/s1. The molecule has 6 heteroatoms. The van der Waals surface area contributed by atoms with Gasteiger partial charge >= 0.3 is 0 Å². The average Bonchev–Trinajstić information content (AvgIpc) is 3.21. The molecule has 0 aliphatic heterocycles. The van der Waals surface area contributed by atoms with Gasteiger partial charge in [0.1, 0.15) is 16.4 Å². The number of thiophene rings is 1. The van der Waals surface area contributed by atoms with Gasteiger partial charge in [-0.3, -0.25) is 0 Å². The average molecular weight is 372 g/mol. The van der Waals surface area contributed by atoms with Crippen LogP contribution in [0.15, 0.2) is 28.0 Å². The lowest BCUT2D eigenvalue weighted by atomic mass is 9.77. The minimum Gasteiger partial charge on any atom is -0.455 e. The van der Waals surface area contributed by atoms with Crippen molar-refractivity contribution >= 4 is 39.7 Å². The van der Waals surface area contributed by atoms with Crippen molar-refractivity contribution < 1.29 is 4.42 Å². The van der Waals surface area contributed by atoms with Gasteiger partial charge in [0.05, 0.1) is 11.3 Å². The van der Waals surface area contributed by atoms with E-state index in [1.807, 2.05) is 13.0 Å². The molecule has 0 radical (unpaired) electrons. The Bertz CT molecular complexity index is 968. The van der Waals surface area contributed by atoms with Crippen molar-refractivity contribution in [2.45, 2.75) is 38.3 Å². The fourth-order valence-corrected chi connectivity index (χ4v) is 3.98. The Labute approximate surface area is 155 Å². The van der Waals surface area contributed by atoms with Gasteiger partial charge in [-0.05, 0) is 31.2 Å². The topological polar surface area (TPSA) is 64.1 Å². The molecule has 25 heavy (non-hydrogen) atoms. The predicted molar refractivity (Wildman–Crippen MR) is 103 cm³/mol. The number of pyridine rings is 1. The monoisotopic (exact) mass is 371 g/mol. The van der Waals surface area contributed by atoms with Gasteiger partial charge in [0, 0.05) is 29.4 Å². The van der Waals surface area contributed by atoms with E-state index in [-0.39, 0.29) is 12.0 Å². The number of aromatic nitrogens is 1. The summed E-state index contributed by atoms with van der Waals surface area (Å²) in [5.74, 6) is 7.16. The molecule has 3 aromatic rings. The molecule has 1 saturated carbocycles. The Balaban J connectivity index is 1.80. The van der Waals surface area contributed by atoms with Crippen molar-refractivity contribution in [1.29, 1.82) is 0 Å². The fourth-order valence-electron chi connectivity index (χ4n) is 3.14. The molecule has 0 unspecified atom stereocenters. The maximum absolute atomic E-state index is 6.26. The molecule has 3 N–H and O–H groups in total. The van der Waals surface area contributed by atoms with Gasteiger partial charge in [-0.15, -0.1) is 17.3 Å². The van der Waals surface area contributed by atoms with E-state index in [0.29, 0.717) is 22.8 Å². The van der Waals surface area contributed by atoms with Gasteiger partial charge < -0.3 is 15.5 Å². The fraction of sp³-hybridized carbons (Fsp3) is 0.316. The minimum absolute atomic E-state index is 0.121. The van der Waals surface area contributed by atoms with Gasteiger partial charge in [0.2, 0.25) is 0 Å². The van der Waals surface area contributed by atoms with Gasteiger partial charge in [-0.2, -0.15) is 0 Å². The molecule has 1 aliphatic rings. The number of nitrogens with two attached hydrogens (primary N) is 1. The third-order valence-electron chi connectivity index (χ3n) is 4.58. The Morgan fingerprint density at radius 2 is 2.36 bits per heavy atom. The molecule has 3 aromatic heterocycles. The maximum atomic E-state index is 6.26. The van der Waals surface area contributed by atoms with Crippen LogP contribution in [0.1, 0.15) is 41.9 Å². The number of nitrogens with zero attached hydrogens (tertiary/aromatic N) is 1. The van der Waals surface area contributed by atoms with Crippen LogP contribution < -0.4 is 11.1 Å². The second-order valence-electron chi connectivity index (χ2n) is 6.17. The van der Waals surface area contributed by atoms with E-state index >= 15 is 0 Å². The summed E-state index contributed by atoms with van der Waals surface area (Å²) in [6, 6.07) is 6.05. The zero-order valence-electron chi connectivity index (χ0n) is 13.8. The van der Waals surface area contributed by atoms with Crippen LogP contribution in [0.25, 0.3) is 11.1 Å². The molecule has 2 atom stereocenters. The highest BCUT2D eigenvalue weighted by Gasteiger charge is 2.35. The number of rotatable bonds is 4. The van der Waals surface area contributed by atoms with Crippen LogP contribution in [-0.4, -0.2) is 11.0 Å². The number of fused-ring (bicyclic) bond motifs is 1. The maximum Gasteiger partial charge on any atom is 0.177 e. The first-order valence-corrected chi connectivity index (χ1v) is 9.50. The molecule has 0 bridgehead atoms. The Kier molecular flexibility index (Phi) is 4.43. The summed E-state index contributed by atoms with van der Waals surface area (Å²) in [6.45, 7) is 2.52. The number of halogens is 1. The van der Waals surface area contributed by atoms with Crippen LogP contribution in [0.3, 0.4) is 0 Å². The third-order valence-corrected chi connectivity index (χ3v) is 5.65. The Morgan fingerprint density at radius 3 is 3.00 bits per heavy atom. The normalized spacial score (nSPS) is 19.3. The lowest BCUT2D eigenvalue weighted by molar-refractivity contribution is 0.302. The first-order valence-electron chi connectivity index (χ1n) is 8.25. The minimum atomic E-state index is 0.121. The van der Waals surface area contributed by atoms with Crippen molar-refractivity contribution in [1.82, 2.24) is 4.98 Å². The van der Waals surface area contributed by atoms with Crippen LogP contribution in [0, 0.1) is 11.8 Å². The second-order valence-corrected chi connectivity index (χ2v) is 7.59. The van der Waals surface area contributed by atoms with Crippen LogP contribution in [0.2, 0.25) is 5.15 Å². The highest BCUT2D eigenvalue weighted by atomic mass is 35.5. The molecule has 4 nitrogen and oxygen atoms in total. The van der Waals surface area contributed by atoms with Crippen LogP contribution in [-0.2, 0) is 6.54 Å². The van der Waals surface area contributed by atoms with Crippen molar-refractivity contribution in [3.63, 3.8) is 0 Å². The molecular formula is C19H18ClN3OS. The smallest absolute Gasteiger partial charge is 0.177 e. The summed E-state index contributed by atoms with van der Waals surface area (Å²) >= 11 is 7.96. The van der Waals surface area contributed by atoms with E-state index in [9.17, 15) is 0 Å². The van der Waals surface area contributed by atoms with E-state index in [2.05, 4.69) is 33.6 Å². The summed E-state index contributed by atoms with van der Waals surface area (Å²) in [7, 11) is 0. The SMILES string of the molecule is CC#Cc1c([C@@H]2CC[C@H]2N)oc2c(NCc3cccs3)cc(Cl)nc12. The number of nitrogens with one attached hydrogen (secondary N) is 1. The summed E-state index contributed by atoms with van der Waals surface area (Å²) < 4.78 is 6.22. The van der Waals surface area contributed by atoms with Crippen LogP contribution in [0.5, 0.6) is 0 Å². The molecule has 0 aromatic carbocycles. The zero-order valence-corrected chi connectivity index (χ0v) is 15.4. The lowest BCUT2D eigenvalue weighted by Crippen LogP contribution is -2.37. The van der Waals surface area contributed by atoms with Gasteiger partial charge in [-0.1, -0.05) is 23.6 Å². The summed E-state index contributed by atoms with van der Waals surface area (Å²) in [5.41, 5.74) is 9.23. The van der Waals surface area contributed by atoms with E-state index in [0.717, 1.165) is 29.9 Å². The molecule has 0 spiro atoms. The largest absolute Gasteiger partial charge is 0.455 e. The Hall–Kier alpha value is -2.00. The number of hydrogen-bond donors (Lipinski definition) is 2. The van der Waals surface area contributed by atoms with Gasteiger partial charge in [0.15, 0.2) is 5.58 Å². The number of hydrogen-bond acceptors (Lipinski definition) is 5. The van der Waals surface area contributed by atoms with Crippen LogP contribution >= 0.6 is 22.9 Å². The van der Waals surface area contributed by atoms with E-state index < -0.39 is 0 Å². The highest BCUT2D eigenvalue weighted by Crippen LogP contribution is 2.42. The quantitative estimate of drug-likeness (QED) is 0.514. The van der Waals surface area contributed by atoms with Crippen molar-refractivity contribution in [2.24, 2.45) is 5.73 Å². The Morgan fingerprint density at radius 1 is 1.48 bits per heavy atom. The number of furan rings is 1. The molecular weight excluding hydrogens is 354 g/mol. The molecule has 1 aliphatic carbocycles. The summed E-state index contributed by atoms with van der Waals surface area (Å²) in [6.07, 6.45) is 2.03. The van der Waals surface area contributed by atoms with Crippen molar-refractivity contribution in [2.75, 3.05) is 5.32 Å². The molecule has 128 valence electrons. The van der Waals surface area contributed by atoms with Crippen molar-refractivity contribution in [3.8, 4) is 11.8 Å². The summed E-state index contributed by atoms with van der Waals surface area (Å²) in [4.78, 5) is 5.72. The second kappa shape index (κ2) is 6.72. The lowest BCUT2D eigenvalue weighted by Gasteiger charge is -2.31. The van der Waals surface area contributed by atoms with Gasteiger partial charge in [-0.25, -0.2) is 4.98 Å². The molecule has 3 heterocycles. The van der Waals surface area contributed by atoms with E-state index in [4.69, 9.17) is 21.8 Å². The highest BCUT2D eigenvalue weighted by molar-refractivity contribution is 7.09. The zero-order chi connectivity index (χ0) is 17.4. The van der Waals surface area contributed by atoms with Crippen molar-refractivity contribution in [3.05, 3.63) is 44.9 Å². The van der Waals surface area contributed by atoms with Gasteiger partial charge in [0.25, 0.3) is 0 Å². The third kappa shape index (κ3) is 3.02. The van der Waals surface area contributed by atoms with E-state index in [1.165, 1.54) is 4.88 Å². The van der Waals surface area contributed by atoms with Crippen LogP contribution in [0.4, 0.5) is 5.69 Å². The first-order chi connectivity index (χ1) is 12.2. The first kappa shape index (κ1) is 16.5. The molecule has 4 rings (SSSR count). The predicted octanol–water partition coefficient (Wildman–Crippen LogP) is 4.73. The van der Waals surface area contributed by atoms with E-state index in [1.54, 1.807) is 17.4 Å². The molecule has 0 saturated heterocycles. The summed E-state index contributed by atoms with van der Waals surface area (Å²) in [5, 5.41) is 5.89. The molecule has 1 fully saturated rings. The molecule has 0 amide bonds.